The summed E-state index contributed by atoms with van der Waals surface area (Å²) in [5.74, 6) is -0.552. The molecule has 0 spiro atoms. The Hall–Kier alpha value is -3.06. The third kappa shape index (κ3) is 3.31. The molecule has 0 unspecified atom stereocenters. The number of hydrogen-bond donors (Lipinski definition) is 2. The summed E-state index contributed by atoms with van der Waals surface area (Å²) in [6, 6.07) is 9.41. The predicted octanol–water partition coefficient (Wildman–Crippen LogP) is 2.31. The SMILES string of the molecule is CCc1c(-c2c(C)n(C)n(-c3ccccc3)c2=O)c(C(N)=O)c(C)n1CCCO. The van der Waals surface area contributed by atoms with Gasteiger partial charge in [0, 0.05) is 42.8 Å². The van der Waals surface area contributed by atoms with Crippen LogP contribution in [-0.4, -0.2) is 31.6 Å². The standard InChI is InChI=1S/C22H28N4O3/c1-5-17-20(18(21(23)28)15(3)25(17)12-9-13-27)19-14(2)24(4)26(22(19)29)16-10-7-6-8-11-16/h6-8,10-11,27H,5,9,12-13H2,1-4H3,(H2,23,28). The lowest BCUT2D eigenvalue weighted by atomic mass is 9.99. The van der Waals surface area contributed by atoms with E-state index in [1.807, 2.05) is 62.7 Å². The number of amides is 1. The van der Waals surface area contributed by atoms with Gasteiger partial charge >= 0.3 is 0 Å². The third-order valence-electron chi connectivity index (χ3n) is 5.56. The number of para-hydroxylation sites is 1. The molecule has 0 radical (unpaired) electrons. The minimum absolute atomic E-state index is 0.0488. The number of primary amides is 1. The summed E-state index contributed by atoms with van der Waals surface area (Å²) >= 11 is 0. The molecule has 1 amide bonds. The summed E-state index contributed by atoms with van der Waals surface area (Å²) in [5.41, 5.74) is 10.2. The van der Waals surface area contributed by atoms with Gasteiger partial charge in [-0.1, -0.05) is 25.1 Å². The molecule has 1 aromatic carbocycles. The highest BCUT2D eigenvalue weighted by Crippen LogP contribution is 2.34. The Kier molecular flexibility index (Phi) is 5.79. The van der Waals surface area contributed by atoms with Crippen molar-refractivity contribution in [3.63, 3.8) is 0 Å². The highest BCUT2D eigenvalue weighted by molar-refractivity contribution is 6.02. The zero-order chi connectivity index (χ0) is 21.3. The molecule has 7 heteroatoms. The van der Waals surface area contributed by atoms with Crippen LogP contribution in [0.25, 0.3) is 16.8 Å². The Morgan fingerprint density at radius 3 is 2.31 bits per heavy atom. The molecule has 7 nitrogen and oxygen atoms in total. The van der Waals surface area contributed by atoms with Crippen LogP contribution in [0, 0.1) is 13.8 Å². The van der Waals surface area contributed by atoms with E-state index in [2.05, 4.69) is 0 Å². The van der Waals surface area contributed by atoms with Crippen LogP contribution in [0.1, 0.15) is 40.8 Å². The number of rotatable bonds is 7. The molecule has 3 rings (SSSR count). The van der Waals surface area contributed by atoms with Crippen LogP contribution in [0.2, 0.25) is 0 Å². The molecule has 0 fully saturated rings. The number of carbonyl (C=O) groups is 1. The first kappa shape index (κ1) is 20.7. The molecular formula is C22H28N4O3. The smallest absolute Gasteiger partial charge is 0.279 e. The average molecular weight is 396 g/mol. The van der Waals surface area contributed by atoms with Gasteiger partial charge in [0.05, 0.1) is 16.8 Å². The Morgan fingerprint density at radius 1 is 1.10 bits per heavy atom. The quantitative estimate of drug-likeness (QED) is 0.641. The van der Waals surface area contributed by atoms with E-state index in [-0.39, 0.29) is 12.2 Å². The second-order valence-corrected chi connectivity index (χ2v) is 7.17. The monoisotopic (exact) mass is 396 g/mol. The molecule has 3 aromatic rings. The molecule has 0 aliphatic heterocycles. The van der Waals surface area contributed by atoms with Gasteiger partial charge in [0.1, 0.15) is 0 Å². The van der Waals surface area contributed by atoms with Crippen LogP contribution >= 0.6 is 0 Å². The van der Waals surface area contributed by atoms with E-state index >= 15 is 0 Å². The summed E-state index contributed by atoms with van der Waals surface area (Å²) in [6.07, 6.45) is 1.19. The Bertz CT molecular complexity index is 1100. The first-order valence-corrected chi connectivity index (χ1v) is 9.82. The zero-order valence-electron chi connectivity index (χ0n) is 17.4. The van der Waals surface area contributed by atoms with Crippen LogP contribution in [0.5, 0.6) is 0 Å². The Morgan fingerprint density at radius 2 is 1.76 bits per heavy atom. The molecular weight excluding hydrogens is 368 g/mol. The molecule has 0 aliphatic rings. The van der Waals surface area contributed by atoms with Crippen molar-refractivity contribution in [2.24, 2.45) is 12.8 Å². The molecule has 29 heavy (non-hydrogen) atoms. The normalized spacial score (nSPS) is 11.2. The maximum Gasteiger partial charge on any atom is 0.279 e. The summed E-state index contributed by atoms with van der Waals surface area (Å²) < 4.78 is 5.41. The van der Waals surface area contributed by atoms with Gasteiger partial charge in [0.25, 0.3) is 11.5 Å². The van der Waals surface area contributed by atoms with Crippen molar-refractivity contribution in [3.05, 3.63) is 63.3 Å². The molecule has 0 saturated carbocycles. The van der Waals surface area contributed by atoms with Crippen LogP contribution in [-0.2, 0) is 20.0 Å². The van der Waals surface area contributed by atoms with Gasteiger partial charge in [0.15, 0.2) is 0 Å². The molecule has 0 bridgehead atoms. The number of nitrogens with zero attached hydrogens (tertiary/aromatic N) is 3. The van der Waals surface area contributed by atoms with E-state index in [4.69, 9.17) is 5.73 Å². The number of aliphatic hydroxyl groups is 1. The Balaban J connectivity index is 2.38. The lowest BCUT2D eigenvalue weighted by Gasteiger charge is -2.10. The fourth-order valence-electron chi connectivity index (χ4n) is 4.12. The van der Waals surface area contributed by atoms with Crippen molar-refractivity contribution in [1.29, 1.82) is 0 Å². The number of aliphatic hydroxyl groups excluding tert-OH is 1. The summed E-state index contributed by atoms with van der Waals surface area (Å²) in [5, 5.41) is 9.28. The van der Waals surface area contributed by atoms with E-state index in [0.29, 0.717) is 36.1 Å². The van der Waals surface area contributed by atoms with Crippen molar-refractivity contribution in [2.45, 2.75) is 40.2 Å². The fourth-order valence-corrected chi connectivity index (χ4v) is 4.12. The third-order valence-corrected chi connectivity index (χ3v) is 5.56. The number of nitrogens with two attached hydrogens (primary N) is 1. The highest BCUT2D eigenvalue weighted by atomic mass is 16.3. The first-order valence-electron chi connectivity index (χ1n) is 9.82. The lowest BCUT2D eigenvalue weighted by molar-refractivity contribution is 0.1000. The van der Waals surface area contributed by atoms with Crippen molar-refractivity contribution in [1.82, 2.24) is 13.9 Å². The number of hydrogen-bond acceptors (Lipinski definition) is 3. The van der Waals surface area contributed by atoms with Gasteiger partial charge in [-0.05, 0) is 38.8 Å². The molecule has 0 saturated heterocycles. The summed E-state index contributed by atoms with van der Waals surface area (Å²) in [6.45, 7) is 6.32. The largest absolute Gasteiger partial charge is 0.396 e. The zero-order valence-corrected chi connectivity index (χ0v) is 17.4. The predicted molar refractivity (Wildman–Crippen MR) is 114 cm³/mol. The highest BCUT2D eigenvalue weighted by Gasteiger charge is 2.29. The molecule has 3 N–H and O–H groups in total. The van der Waals surface area contributed by atoms with E-state index < -0.39 is 5.91 Å². The first-order chi connectivity index (χ1) is 13.8. The fraction of sp³-hybridized carbons (Fsp3) is 0.364. The van der Waals surface area contributed by atoms with Gasteiger partial charge in [0.2, 0.25) is 0 Å². The van der Waals surface area contributed by atoms with Gasteiger partial charge in [-0.2, -0.15) is 0 Å². The minimum Gasteiger partial charge on any atom is -0.396 e. The maximum absolute atomic E-state index is 13.5. The van der Waals surface area contributed by atoms with Crippen LogP contribution < -0.4 is 11.3 Å². The van der Waals surface area contributed by atoms with Crippen molar-refractivity contribution in [3.8, 4) is 16.8 Å². The van der Waals surface area contributed by atoms with Crippen LogP contribution in [0.15, 0.2) is 35.1 Å². The minimum atomic E-state index is -0.552. The summed E-state index contributed by atoms with van der Waals surface area (Å²) in [4.78, 5) is 25.9. The molecule has 2 heterocycles. The second-order valence-electron chi connectivity index (χ2n) is 7.17. The molecule has 0 aliphatic carbocycles. The van der Waals surface area contributed by atoms with E-state index in [1.165, 1.54) is 0 Å². The summed E-state index contributed by atoms with van der Waals surface area (Å²) in [7, 11) is 1.83. The van der Waals surface area contributed by atoms with E-state index in [0.717, 1.165) is 22.8 Å². The lowest BCUT2D eigenvalue weighted by Crippen LogP contribution is -2.20. The molecule has 2 aromatic heterocycles. The van der Waals surface area contributed by atoms with Gasteiger partial charge < -0.3 is 15.4 Å². The van der Waals surface area contributed by atoms with Gasteiger partial charge in [-0.15, -0.1) is 0 Å². The molecule has 154 valence electrons. The van der Waals surface area contributed by atoms with Gasteiger partial charge in [-0.25, -0.2) is 4.68 Å². The second kappa shape index (κ2) is 8.13. The molecule has 0 atom stereocenters. The van der Waals surface area contributed by atoms with E-state index in [9.17, 15) is 14.7 Å². The van der Waals surface area contributed by atoms with Crippen LogP contribution in [0.3, 0.4) is 0 Å². The number of aromatic nitrogens is 3. The van der Waals surface area contributed by atoms with Crippen molar-refractivity contribution in [2.75, 3.05) is 6.61 Å². The topological polar surface area (TPSA) is 95.2 Å². The van der Waals surface area contributed by atoms with Crippen molar-refractivity contribution >= 4 is 5.91 Å². The Labute approximate surface area is 170 Å². The van der Waals surface area contributed by atoms with Crippen LogP contribution in [0.4, 0.5) is 0 Å². The number of carbonyl (C=O) groups excluding carboxylic acids is 1. The average Bonchev–Trinajstić information content (AvgIpc) is 3.10. The van der Waals surface area contributed by atoms with E-state index in [1.54, 1.807) is 9.36 Å². The number of benzene rings is 1. The van der Waals surface area contributed by atoms with Crippen molar-refractivity contribution < 1.29 is 9.90 Å². The van der Waals surface area contributed by atoms with Gasteiger partial charge in [-0.3, -0.25) is 14.3 Å². The maximum atomic E-state index is 13.5.